The van der Waals surface area contributed by atoms with Gasteiger partial charge in [-0.1, -0.05) is 11.6 Å². The second-order valence-electron chi connectivity index (χ2n) is 4.22. The van der Waals surface area contributed by atoms with Crippen LogP contribution in [0.15, 0.2) is 23.2 Å². The van der Waals surface area contributed by atoms with Crippen molar-refractivity contribution in [3.05, 3.63) is 23.5 Å². The number of pyridine rings is 1. The topological polar surface area (TPSA) is 79.3 Å². The third-order valence-corrected chi connectivity index (χ3v) is 4.50. The molecule has 1 aliphatic carbocycles. The van der Waals surface area contributed by atoms with Gasteiger partial charge in [-0.3, -0.25) is 0 Å². The number of nitrogens with one attached hydrogen (secondary N) is 1. The van der Waals surface area contributed by atoms with Crippen molar-refractivity contribution in [3.63, 3.8) is 0 Å². The smallest absolute Gasteiger partial charge is 0.242 e. The van der Waals surface area contributed by atoms with Crippen LogP contribution in [0.1, 0.15) is 19.3 Å². The first-order chi connectivity index (χ1) is 7.91. The summed E-state index contributed by atoms with van der Waals surface area (Å²) < 4.78 is 26.0. The summed E-state index contributed by atoms with van der Waals surface area (Å²) in [5, 5.41) is 10.0. The molecule has 0 aromatic carbocycles. The van der Waals surface area contributed by atoms with Crippen LogP contribution in [0.4, 0.5) is 0 Å². The van der Waals surface area contributed by atoms with Crippen LogP contribution in [0.3, 0.4) is 0 Å². The summed E-state index contributed by atoms with van der Waals surface area (Å²) in [5.41, 5.74) is -0.882. The second kappa shape index (κ2) is 4.53. The van der Waals surface area contributed by atoms with Gasteiger partial charge in [0.2, 0.25) is 10.0 Å². The molecule has 0 amide bonds. The number of halogens is 1. The van der Waals surface area contributed by atoms with Crippen molar-refractivity contribution in [1.29, 1.82) is 0 Å². The van der Waals surface area contributed by atoms with E-state index in [9.17, 15) is 13.5 Å². The van der Waals surface area contributed by atoms with Gasteiger partial charge >= 0.3 is 0 Å². The highest BCUT2D eigenvalue weighted by atomic mass is 35.5. The van der Waals surface area contributed by atoms with Crippen molar-refractivity contribution in [2.24, 2.45) is 0 Å². The van der Waals surface area contributed by atoms with Crippen LogP contribution >= 0.6 is 11.6 Å². The molecule has 2 N–H and O–H groups in total. The lowest BCUT2D eigenvalue weighted by molar-refractivity contribution is -0.0270. The average Bonchev–Trinajstić information content (AvgIpc) is 2.24. The maximum Gasteiger partial charge on any atom is 0.242 e. The van der Waals surface area contributed by atoms with Crippen LogP contribution in [0.2, 0.25) is 5.15 Å². The molecule has 0 saturated heterocycles. The molecule has 0 radical (unpaired) electrons. The van der Waals surface area contributed by atoms with Gasteiger partial charge in [0.05, 0.1) is 5.60 Å². The number of sulfonamides is 1. The molecule has 1 aliphatic rings. The van der Waals surface area contributed by atoms with Crippen LogP contribution in [0.25, 0.3) is 0 Å². The second-order valence-corrected chi connectivity index (χ2v) is 6.37. The first-order valence-electron chi connectivity index (χ1n) is 5.25. The van der Waals surface area contributed by atoms with Crippen molar-refractivity contribution in [1.82, 2.24) is 9.71 Å². The Morgan fingerprint density at radius 3 is 2.65 bits per heavy atom. The maximum atomic E-state index is 11.8. The molecule has 1 heterocycles. The summed E-state index contributed by atoms with van der Waals surface area (Å²) >= 11 is 5.58. The Labute approximate surface area is 105 Å². The van der Waals surface area contributed by atoms with Gasteiger partial charge in [0, 0.05) is 12.7 Å². The third-order valence-electron chi connectivity index (χ3n) is 2.89. The number of aromatic nitrogens is 1. The van der Waals surface area contributed by atoms with E-state index in [4.69, 9.17) is 11.6 Å². The zero-order valence-electron chi connectivity index (χ0n) is 9.06. The minimum atomic E-state index is -3.62. The van der Waals surface area contributed by atoms with Crippen LogP contribution in [-0.4, -0.2) is 30.7 Å². The van der Waals surface area contributed by atoms with Crippen molar-refractivity contribution < 1.29 is 13.5 Å². The number of hydrogen-bond acceptors (Lipinski definition) is 4. The molecule has 0 atom stereocenters. The van der Waals surface area contributed by atoms with E-state index in [1.165, 1.54) is 18.3 Å². The van der Waals surface area contributed by atoms with Gasteiger partial charge < -0.3 is 5.11 Å². The minimum absolute atomic E-state index is 0.0396. The number of hydrogen-bond donors (Lipinski definition) is 2. The van der Waals surface area contributed by atoms with E-state index in [0.29, 0.717) is 12.8 Å². The van der Waals surface area contributed by atoms with Gasteiger partial charge in [0.25, 0.3) is 0 Å². The Morgan fingerprint density at radius 2 is 2.18 bits per heavy atom. The first-order valence-corrected chi connectivity index (χ1v) is 7.11. The van der Waals surface area contributed by atoms with E-state index in [1.54, 1.807) is 0 Å². The highest BCUT2D eigenvalue weighted by molar-refractivity contribution is 7.89. The van der Waals surface area contributed by atoms with Crippen LogP contribution in [0, 0.1) is 0 Å². The lowest BCUT2D eigenvalue weighted by Crippen LogP contribution is -2.47. The Kier molecular flexibility index (Phi) is 3.40. The molecular formula is C10H13ClN2O3S. The standard InChI is InChI=1S/C10H13ClN2O3S/c11-9-3-2-8(6-12-9)17(15,16)13-7-10(14)4-1-5-10/h2-3,6,13-14H,1,4-5,7H2. The van der Waals surface area contributed by atoms with Gasteiger partial charge in [-0.05, 0) is 31.4 Å². The fraction of sp³-hybridized carbons (Fsp3) is 0.500. The number of rotatable bonds is 4. The monoisotopic (exact) mass is 276 g/mol. The average molecular weight is 277 g/mol. The molecule has 0 aliphatic heterocycles. The van der Waals surface area contributed by atoms with E-state index in [0.717, 1.165) is 6.42 Å². The maximum absolute atomic E-state index is 11.8. The summed E-state index contributed by atoms with van der Waals surface area (Å²) in [6.07, 6.45) is 3.39. The Hall–Kier alpha value is -0.690. The molecule has 0 bridgehead atoms. The van der Waals surface area contributed by atoms with Crippen molar-refractivity contribution in [2.75, 3.05) is 6.54 Å². The highest BCUT2D eigenvalue weighted by Crippen LogP contribution is 2.31. The Morgan fingerprint density at radius 1 is 1.47 bits per heavy atom. The van der Waals surface area contributed by atoms with E-state index in [2.05, 4.69) is 9.71 Å². The van der Waals surface area contributed by atoms with E-state index < -0.39 is 15.6 Å². The molecule has 1 fully saturated rings. The van der Waals surface area contributed by atoms with Gasteiger partial charge in [-0.2, -0.15) is 0 Å². The normalized spacial score (nSPS) is 18.7. The number of aliphatic hydroxyl groups is 1. The fourth-order valence-corrected chi connectivity index (χ4v) is 2.77. The van der Waals surface area contributed by atoms with Gasteiger partial charge in [0.15, 0.2) is 0 Å². The molecule has 7 heteroatoms. The SMILES string of the molecule is O=S(=O)(NCC1(O)CCC1)c1ccc(Cl)nc1. The third kappa shape index (κ3) is 2.95. The summed E-state index contributed by atoms with van der Waals surface area (Å²) in [5.74, 6) is 0. The molecule has 1 aromatic rings. The summed E-state index contributed by atoms with van der Waals surface area (Å²) in [6.45, 7) is 0.0396. The first kappa shape index (κ1) is 12.8. The zero-order valence-corrected chi connectivity index (χ0v) is 10.6. The van der Waals surface area contributed by atoms with E-state index in [1.807, 2.05) is 0 Å². The van der Waals surface area contributed by atoms with Gasteiger partial charge in [-0.15, -0.1) is 0 Å². The van der Waals surface area contributed by atoms with Crippen LogP contribution < -0.4 is 4.72 Å². The summed E-state index contributed by atoms with van der Waals surface area (Å²) in [7, 11) is -3.62. The molecule has 0 unspecified atom stereocenters. The largest absolute Gasteiger partial charge is 0.389 e. The molecule has 5 nitrogen and oxygen atoms in total. The summed E-state index contributed by atoms with van der Waals surface area (Å²) in [6, 6.07) is 2.79. The molecule has 1 aromatic heterocycles. The quantitative estimate of drug-likeness (QED) is 0.802. The minimum Gasteiger partial charge on any atom is -0.389 e. The predicted molar refractivity (Wildman–Crippen MR) is 63.2 cm³/mol. The molecule has 94 valence electrons. The molecule has 17 heavy (non-hydrogen) atoms. The molecule has 0 spiro atoms. The van der Waals surface area contributed by atoms with Crippen LogP contribution in [-0.2, 0) is 10.0 Å². The van der Waals surface area contributed by atoms with Crippen LogP contribution in [0.5, 0.6) is 0 Å². The van der Waals surface area contributed by atoms with Crippen molar-refractivity contribution in [3.8, 4) is 0 Å². The predicted octanol–water partition coefficient (Wildman–Crippen LogP) is 0.928. The van der Waals surface area contributed by atoms with Crippen molar-refractivity contribution >= 4 is 21.6 Å². The van der Waals surface area contributed by atoms with Gasteiger partial charge in [0.1, 0.15) is 10.0 Å². The Bertz CT molecular complexity index is 497. The van der Waals surface area contributed by atoms with Gasteiger partial charge in [-0.25, -0.2) is 18.1 Å². The lowest BCUT2D eigenvalue weighted by atomic mass is 9.81. The molecule has 1 saturated carbocycles. The fourth-order valence-electron chi connectivity index (χ4n) is 1.60. The summed E-state index contributed by atoms with van der Waals surface area (Å²) in [4.78, 5) is 3.75. The molecule has 2 rings (SSSR count). The highest BCUT2D eigenvalue weighted by Gasteiger charge is 2.35. The zero-order chi connectivity index (χ0) is 12.5. The Balaban J connectivity index is 2.06. The van der Waals surface area contributed by atoms with E-state index >= 15 is 0 Å². The molecular weight excluding hydrogens is 264 g/mol. The number of nitrogens with zero attached hydrogens (tertiary/aromatic N) is 1. The lowest BCUT2D eigenvalue weighted by Gasteiger charge is -2.36. The van der Waals surface area contributed by atoms with Crippen molar-refractivity contribution in [2.45, 2.75) is 29.8 Å². The van der Waals surface area contributed by atoms with E-state index in [-0.39, 0.29) is 16.6 Å².